The third-order valence-corrected chi connectivity index (χ3v) is 5.88. The number of allylic oxidation sites excluding steroid dienone is 2. The summed E-state index contributed by atoms with van der Waals surface area (Å²) in [5, 5.41) is 1.73. The Kier molecular flexibility index (Phi) is 13.4. The van der Waals surface area contributed by atoms with E-state index in [1.165, 1.54) is 32.1 Å². The molecule has 0 atom stereocenters. The fraction of sp³-hybridized carbons (Fsp3) is 0.882. The standard InChI is InChI=1S/C17H36O3Si/c1-6-7-8-11-17(21(3,4)5)12-9-10-13-19-16-20-15-14-18-2/h11H,6-10,12-16H2,1-5H3. The zero-order valence-electron chi connectivity index (χ0n) is 14.9. The Balaban J connectivity index is 3.72. The molecule has 0 aromatic heterocycles. The van der Waals surface area contributed by atoms with Crippen molar-refractivity contribution in [3.8, 4) is 0 Å². The fourth-order valence-corrected chi connectivity index (χ4v) is 3.79. The van der Waals surface area contributed by atoms with Gasteiger partial charge in [-0.25, -0.2) is 0 Å². The van der Waals surface area contributed by atoms with Crippen molar-refractivity contribution < 1.29 is 14.2 Å². The highest BCUT2D eigenvalue weighted by Crippen LogP contribution is 2.21. The van der Waals surface area contributed by atoms with Gasteiger partial charge in [-0.15, -0.1) is 0 Å². The highest BCUT2D eigenvalue weighted by Gasteiger charge is 2.18. The molecule has 0 heterocycles. The lowest BCUT2D eigenvalue weighted by atomic mass is 10.2. The molecule has 0 aliphatic carbocycles. The van der Waals surface area contributed by atoms with Crippen LogP contribution in [0.4, 0.5) is 0 Å². The largest absolute Gasteiger partial charge is 0.382 e. The molecule has 0 N–H and O–H groups in total. The Hall–Kier alpha value is -0.163. The maximum Gasteiger partial charge on any atom is 0.146 e. The highest BCUT2D eigenvalue weighted by atomic mass is 28.3. The molecule has 0 bridgehead atoms. The monoisotopic (exact) mass is 316 g/mol. The van der Waals surface area contributed by atoms with Crippen LogP contribution < -0.4 is 0 Å². The topological polar surface area (TPSA) is 27.7 Å². The summed E-state index contributed by atoms with van der Waals surface area (Å²) < 4.78 is 15.6. The van der Waals surface area contributed by atoms with Crippen LogP contribution in [-0.2, 0) is 14.2 Å². The third kappa shape index (κ3) is 13.2. The van der Waals surface area contributed by atoms with E-state index in [4.69, 9.17) is 14.2 Å². The van der Waals surface area contributed by atoms with Gasteiger partial charge in [-0.1, -0.05) is 50.7 Å². The molecule has 0 fully saturated rings. The third-order valence-electron chi connectivity index (χ3n) is 3.50. The van der Waals surface area contributed by atoms with E-state index in [1.54, 1.807) is 12.3 Å². The van der Waals surface area contributed by atoms with Gasteiger partial charge >= 0.3 is 0 Å². The Morgan fingerprint density at radius 2 is 1.67 bits per heavy atom. The van der Waals surface area contributed by atoms with Crippen LogP contribution in [0.3, 0.4) is 0 Å². The van der Waals surface area contributed by atoms with Crippen LogP contribution >= 0.6 is 0 Å². The minimum absolute atomic E-state index is 0.385. The first kappa shape index (κ1) is 20.8. The van der Waals surface area contributed by atoms with Gasteiger partial charge in [0.25, 0.3) is 0 Å². The molecule has 3 nitrogen and oxygen atoms in total. The van der Waals surface area contributed by atoms with Crippen molar-refractivity contribution in [2.45, 2.75) is 65.1 Å². The zero-order valence-corrected chi connectivity index (χ0v) is 15.9. The summed E-state index contributed by atoms with van der Waals surface area (Å²) in [6.07, 6.45) is 9.95. The molecule has 4 heteroatoms. The van der Waals surface area contributed by atoms with Crippen LogP contribution in [0.1, 0.15) is 45.4 Å². The first-order valence-corrected chi connectivity index (χ1v) is 11.9. The molecule has 0 saturated carbocycles. The lowest BCUT2D eigenvalue weighted by Crippen LogP contribution is -2.24. The zero-order chi connectivity index (χ0) is 16.0. The molecule has 126 valence electrons. The summed E-state index contributed by atoms with van der Waals surface area (Å²) >= 11 is 0. The minimum Gasteiger partial charge on any atom is -0.382 e. The van der Waals surface area contributed by atoms with Crippen molar-refractivity contribution in [3.05, 3.63) is 11.3 Å². The van der Waals surface area contributed by atoms with Crippen LogP contribution in [0.25, 0.3) is 0 Å². The van der Waals surface area contributed by atoms with Gasteiger partial charge in [0.1, 0.15) is 6.79 Å². The second kappa shape index (κ2) is 13.5. The lowest BCUT2D eigenvalue weighted by Gasteiger charge is -2.21. The van der Waals surface area contributed by atoms with E-state index >= 15 is 0 Å². The van der Waals surface area contributed by atoms with Crippen LogP contribution in [0.15, 0.2) is 11.3 Å². The smallest absolute Gasteiger partial charge is 0.146 e. The Morgan fingerprint density at radius 1 is 0.952 bits per heavy atom. The molecule has 0 amide bonds. The maximum absolute atomic E-state index is 5.46. The van der Waals surface area contributed by atoms with Crippen molar-refractivity contribution >= 4 is 8.07 Å². The predicted octanol–water partition coefficient (Wildman–Crippen LogP) is 4.79. The molecule has 0 aliphatic heterocycles. The normalized spacial score (nSPS) is 12.9. The summed E-state index contributed by atoms with van der Waals surface area (Å²) in [5.74, 6) is 0. The fourth-order valence-electron chi connectivity index (χ4n) is 2.10. The lowest BCUT2D eigenvalue weighted by molar-refractivity contribution is -0.0663. The number of unbranched alkanes of at least 4 members (excludes halogenated alkanes) is 3. The van der Waals surface area contributed by atoms with Crippen LogP contribution in [0, 0.1) is 0 Å². The Morgan fingerprint density at radius 3 is 2.29 bits per heavy atom. The molecule has 0 unspecified atom stereocenters. The number of methoxy groups -OCH3 is 1. The van der Waals surface area contributed by atoms with Gasteiger partial charge in [-0.2, -0.15) is 0 Å². The van der Waals surface area contributed by atoms with E-state index in [0.717, 1.165) is 13.0 Å². The van der Waals surface area contributed by atoms with Gasteiger partial charge in [0.15, 0.2) is 0 Å². The van der Waals surface area contributed by atoms with Crippen molar-refractivity contribution in [3.63, 3.8) is 0 Å². The SMILES string of the molecule is CCCCC=C(CCCCOCOCCOC)[Si](C)(C)C. The van der Waals surface area contributed by atoms with Crippen LogP contribution in [0.5, 0.6) is 0 Å². The van der Waals surface area contributed by atoms with E-state index in [0.29, 0.717) is 20.0 Å². The van der Waals surface area contributed by atoms with E-state index in [2.05, 4.69) is 32.6 Å². The summed E-state index contributed by atoms with van der Waals surface area (Å²) in [4.78, 5) is 0. The van der Waals surface area contributed by atoms with Crippen LogP contribution in [0.2, 0.25) is 19.6 Å². The summed E-state index contributed by atoms with van der Waals surface area (Å²) in [7, 11) is 0.530. The average molecular weight is 317 g/mol. The van der Waals surface area contributed by atoms with Crippen molar-refractivity contribution in [1.82, 2.24) is 0 Å². The van der Waals surface area contributed by atoms with E-state index in [9.17, 15) is 0 Å². The molecule has 21 heavy (non-hydrogen) atoms. The number of rotatable bonds is 14. The highest BCUT2D eigenvalue weighted by molar-refractivity contribution is 6.83. The van der Waals surface area contributed by atoms with Crippen LogP contribution in [-0.4, -0.2) is 41.8 Å². The molecule has 0 aliphatic rings. The molecule has 0 saturated heterocycles. The number of ether oxygens (including phenoxy) is 3. The summed E-state index contributed by atoms with van der Waals surface area (Å²) in [6, 6.07) is 0. The van der Waals surface area contributed by atoms with Crippen molar-refractivity contribution in [2.75, 3.05) is 33.7 Å². The van der Waals surface area contributed by atoms with Gasteiger partial charge in [-0.3, -0.25) is 0 Å². The summed E-state index contributed by atoms with van der Waals surface area (Å²) in [5.41, 5.74) is 0. The van der Waals surface area contributed by atoms with Gasteiger partial charge in [0, 0.05) is 13.7 Å². The minimum atomic E-state index is -1.15. The van der Waals surface area contributed by atoms with E-state index in [1.807, 2.05) is 0 Å². The quantitative estimate of drug-likeness (QED) is 0.262. The second-order valence-electron chi connectivity index (χ2n) is 6.51. The van der Waals surface area contributed by atoms with Gasteiger partial charge in [-0.05, 0) is 25.7 Å². The predicted molar refractivity (Wildman–Crippen MR) is 93.5 cm³/mol. The van der Waals surface area contributed by atoms with Crippen molar-refractivity contribution in [1.29, 1.82) is 0 Å². The van der Waals surface area contributed by atoms with Gasteiger partial charge in [0.2, 0.25) is 0 Å². The molecule has 0 rings (SSSR count). The molecule has 0 spiro atoms. The molecular weight excluding hydrogens is 280 g/mol. The van der Waals surface area contributed by atoms with Gasteiger partial charge in [0.05, 0.1) is 21.3 Å². The van der Waals surface area contributed by atoms with Crippen molar-refractivity contribution in [2.24, 2.45) is 0 Å². The first-order chi connectivity index (χ1) is 10.0. The Bertz CT molecular complexity index is 259. The Labute approximate surface area is 133 Å². The average Bonchev–Trinajstić information content (AvgIpc) is 2.42. The van der Waals surface area contributed by atoms with E-state index in [-0.39, 0.29) is 0 Å². The summed E-state index contributed by atoms with van der Waals surface area (Å²) in [6.45, 7) is 12.0. The second-order valence-corrected chi connectivity index (χ2v) is 11.6. The maximum atomic E-state index is 5.46. The molecule has 0 aromatic carbocycles. The first-order valence-electron chi connectivity index (χ1n) is 8.36. The molecular formula is C17H36O3Si. The number of hydrogen-bond acceptors (Lipinski definition) is 3. The van der Waals surface area contributed by atoms with Gasteiger partial charge < -0.3 is 14.2 Å². The number of hydrogen-bond donors (Lipinski definition) is 0. The molecule has 0 radical (unpaired) electrons. The molecule has 0 aromatic rings. The van der Waals surface area contributed by atoms with E-state index < -0.39 is 8.07 Å².